The molecule has 0 atom stereocenters. The van der Waals surface area contributed by atoms with Gasteiger partial charge in [0.15, 0.2) is 0 Å². The van der Waals surface area contributed by atoms with Gasteiger partial charge in [-0.25, -0.2) is 0 Å². The predicted molar refractivity (Wildman–Crippen MR) is 78.4 cm³/mol. The fourth-order valence-corrected chi connectivity index (χ4v) is 4.73. The Hall–Kier alpha value is 0.800. The van der Waals surface area contributed by atoms with E-state index < -0.39 is 11.7 Å². The zero-order valence-corrected chi connectivity index (χ0v) is 13.4. The van der Waals surface area contributed by atoms with Crippen LogP contribution in [0.15, 0.2) is 0 Å². The molecule has 0 unspecified atom stereocenters. The van der Waals surface area contributed by atoms with Gasteiger partial charge in [0.05, 0.1) is 27.6 Å². The molecule has 4 N–H and O–H groups in total. The van der Waals surface area contributed by atoms with Crippen LogP contribution in [-0.4, -0.2) is 0 Å². The van der Waals surface area contributed by atoms with Crippen molar-refractivity contribution in [1.82, 2.24) is 0 Å². The van der Waals surface area contributed by atoms with Crippen LogP contribution in [-0.2, 0) is 6.18 Å². The van der Waals surface area contributed by atoms with Crippen molar-refractivity contribution >= 4 is 79.1 Å². The largest absolute Gasteiger partial charge is 0.418 e. The van der Waals surface area contributed by atoms with Gasteiger partial charge in [0.1, 0.15) is 0 Å². The van der Waals surface area contributed by atoms with Crippen molar-refractivity contribution in [3.63, 3.8) is 0 Å². The van der Waals surface area contributed by atoms with Gasteiger partial charge in [-0.2, -0.15) is 13.2 Å². The lowest BCUT2D eigenvalue weighted by atomic mass is 10.1. The minimum Gasteiger partial charge on any atom is -0.397 e. The van der Waals surface area contributed by atoms with Crippen molar-refractivity contribution in [2.24, 2.45) is 0 Å². The molecule has 0 amide bonds. The molecule has 0 radical (unpaired) electrons. The lowest BCUT2D eigenvalue weighted by Gasteiger charge is -2.16. The van der Waals surface area contributed by atoms with Gasteiger partial charge in [0.25, 0.3) is 0 Å². The smallest absolute Gasteiger partial charge is 0.397 e. The number of benzene rings is 1. The Bertz CT molecular complexity index is 388. The first-order chi connectivity index (χ1) is 6.68. The molecule has 0 aromatic heterocycles. The Kier molecular flexibility index (Phi) is 4.24. The monoisotopic (exact) mass is 554 g/mol. The van der Waals surface area contributed by atoms with Crippen LogP contribution >= 0.6 is 67.8 Å². The first kappa shape index (κ1) is 13.9. The number of rotatable bonds is 0. The van der Waals surface area contributed by atoms with E-state index in [0.29, 0.717) is 3.57 Å². The summed E-state index contributed by atoms with van der Waals surface area (Å²) in [5.74, 6) is 0. The summed E-state index contributed by atoms with van der Waals surface area (Å²) >= 11 is 5.01. The maximum atomic E-state index is 12.7. The molecule has 1 aromatic rings. The van der Waals surface area contributed by atoms with E-state index >= 15 is 0 Å². The average molecular weight is 554 g/mol. The minimum absolute atomic E-state index is 0.00287. The molecule has 0 fully saturated rings. The number of nitrogens with two attached hydrogens (primary N) is 2. The van der Waals surface area contributed by atoms with Gasteiger partial charge in [0.2, 0.25) is 0 Å². The molecule has 1 aromatic carbocycles. The summed E-state index contributed by atoms with van der Waals surface area (Å²) in [6, 6.07) is 0. The predicted octanol–water partition coefficient (Wildman–Crippen LogP) is 3.68. The van der Waals surface area contributed by atoms with Crippen LogP contribution in [0.4, 0.5) is 24.5 Å². The summed E-state index contributed by atoms with van der Waals surface area (Å²) in [6.45, 7) is 0. The van der Waals surface area contributed by atoms with Crippen LogP contribution in [0.2, 0.25) is 0 Å². The van der Waals surface area contributed by atoms with E-state index in [9.17, 15) is 13.2 Å². The van der Waals surface area contributed by atoms with Crippen molar-refractivity contribution < 1.29 is 13.2 Å². The van der Waals surface area contributed by atoms with E-state index in [-0.39, 0.29) is 18.5 Å². The Morgan fingerprint density at radius 2 is 1.13 bits per heavy atom. The number of hydrogen-bond donors (Lipinski definition) is 2. The molecule has 0 aliphatic heterocycles. The van der Waals surface area contributed by atoms with Crippen LogP contribution in [0.25, 0.3) is 0 Å². The molecule has 84 valence electrons. The van der Waals surface area contributed by atoms with Crippen molar-refractivity contribution in [2.75, 3.05) is 11.5 Å². The highest BCUT2D eigenvalue weighted by Gasteiger charge is 2.38. The topological polar surface area (TPSA) is 52.0 Å². The van der Waals surface area contributed by atoms with Crippen molar-refractivity contribution in [2.45, 2.75) is 6.18 Å². The zero-order valence-electron chi connectivity index (χ0n) is 6.92. The quantitative estimate of drug-likeness (QED) is 0.381. The number of alkyl halides is 3. The number of nitrogen functional groups attached to an aromatic ring is 2. The third-order valence-corrected chi connectivity index (χ3v) is 5.07. The van der Waals surface area contributed by atoms with E-state index in [0.717, 1.165) is 0 Å². The Morgan fingerprint density at radius 1 is 0.800 bits per heavy atom. The number of anilines is 2. The molecule has 0 aliphatic rings. The van der Waals surface area contributed by atoms with Crippen molar-refractivity contribution in [1.29, 1.82) is 0 Å². The standard InChI is InChI=1S/C7H4F3I3N2/c8-7(9,10)1-2(11)5(14)4(13)6(15)3(1)12/h14-15H2. The van der Waals surface area contributed by atoms with Gasteiger partial charge in [-0.05, 0) is 67.8 Å². The summed E-state index contributed by atoms with van der Waals surface area (Å²) < 4.78 is 38.5. The third kappa shape index (κ3) is 2.56. The molecule has 1 rings (SSSR count). The van der Waals surface area contributed by atoms with E-state index in [1.165, 1.54) is 0 Å². The fourth-order valence-electron chi connectivity index (χ4n) is 0.952. The van der Waals surface area contributed by atoms with E-state index in [4.69, 9.17) is 11.5 Å². The summed E-state index contributed by atoms with van der Waals surface area (Å²) in [4.78, 5) is 0. The van der Waals surface area contributed by atoms with E-state index in [1.54, 1.807) is 45.2 Å². The maximum Gasteiger partial charge on any atom is 0.418 e. The molecular weight excluding hydrogens is 550 g/mol. The minimum atomic E-state index is -4.43. The molecule has 15 heavy (non-hydrogen) atoms. The SMILES string of the molecule is Nc1c(I)c(N)c(I)c(C(F)(F)F)c1I. The van der Waals surface area contributed by atoms with Crippen LogP contribution in [0.1, 0.15) is 5.56 Å². The lowest BCUT2D eigenvalue weighted by molar-refractivity contribution is -0.138. The van der Waals surface area contributed by atoms with Gasteiger partial charge < -0.3 is 11.5 Å². The number of halogens is 6. The van der Waals surface area contributed by atoms with E-state index in [1.807, 2.05) is 22.6 Å². The number of hydrogen-bond acceptors (Lipinski definition) is 2. The first-order valence-electron chi connectivity index (χ1n) is 3.46. The third-order valence-electron chi connectivity index (χ3n) is 1.67. The average Bonchev–Trinajstić information content (AvgIpc) is 2.09. The highest BCUT2D eigenvalue weighted by atomic mass is 127. The summed E-state index contributed by atoms with van der Waals surface area (Å²) in [7, 11) is 0. The van der Waals surface area contributed by atoms with Gasteiger partial charge in [0, 0.05) is 0 Å². The second kappa shape index (κ2) is 4.58. The van der Waals surface area contributed by atoms with Gasteiger partial charge in [-0.15, -0.1) is 0 Å². The summed E-state index contributed by atoms with van der Waals surface area (Å²) in [6.07, 6.45) is -4.43. The molecule has 0 spiro atoms. The first-order valence-corrected chi connectivity index (χ1v) is 6.70. The molecule has 0 saturated heterocycles. The Morgan fingerprint density at radius 3 is 1.40 bits per heavy atom. The van der Waals surface area contributed by atoms with E-state index in [2.05, 4.69) is 0 Å². The van der Waals surface area contributed by atoms with Crippen LogP contribution in [0, 0.1) is 10.7 Å². The van der Waals surface area contributed by atoms with Crippen LogP contribution in [0.3, 0.4) is 0 Å². The molecule has 8 heteroatoms. The van der Waals surface area contributed by atoms with Crippen LogP contribution in [0.5, 0.6) is 0 Å². The summed E-state index contributed by atoms with van der Waals surface area (Å²) in [5.41, 5.74) is 10.5. The second-order valence-corrected chi connectivity index (χ2v) is 5.88. The lowest BCUT2D eigenvalue weighted by Crippen LogP contribution is -2.15. The fraction of sp³-hybridized carbons (Fsp3) is 0.143. The molecule has 2 nitrogen and oxygen atoms in total. The molecule has 0 saturated carbocycles. The van der Waals surface area contributed by atoms with Gasteiger partial charge in [-0.1, -0.05) is 0 Å². The second-order valence-electron chi connectivity index (χ2n) is 2.64. The molecule has 0 aliphatic carbocycles. The molecule has 0 heterocycles. The Balaban J connectivity index is 3.68. The van der Waals surface area contributed by atoms with Crippen molar-refractivity contribution in [3.8, 4) is 0 Å². The maximum absolute atomic E-state index is 12.7. The normalized spacial score (nSPS) is 11.9. The molecule has 0 bridgehead atoms. The molecular formula is C7H4F3I3N2. The highest BCUT2D eigenvalue weighted by Crippen LogP contribution is 2.43. The van der Waals surface area contributed by atoms with Gasteiger partial charge in [-0.3, -0.25) is 0 Å². The highest BCUT2D eigenvalue weighted by molar-refractivity contribution is 14.1. The summed E-state index contributed by atoms with van der Waals surface area (Å²) in [5, 5.41) is 0. The Labute approximate surface area is 125 Å². The zero-order chi connectivity index (χ0) is 12.0. The van der Waals surface area contributed by atoms with Crippen molar-refractivity contribution in [3.05, 3.63) is 16.3 Å². The van der Waals surface area contributed by atoms with Crippen LogP contribution < -0.4 is 11.5 Å². The van der Waals surface area contributed by atoms with Gasteiger partial charge >= 0.3 is 6.18 Å².